The number of ether oxygens (including phenoxy) is 1. The lowest BCUT2D eigenvalue weighted by atomic mass is 10.1. The second kappa shape index (κ2) is 8.34. The van der Waals surface area contributed by atoms with Crippen molar-refractivity contribution in [1.29, 1.82) is 0 Å². The topological polar surface area (TPSA) is 44.8 Å². The summed E-state index contributed by atoms with van der Waals surface area (Å²) in [6.07, 6.45) is 2.40. The number of nitrogens with one attached hydrogen (secondary N) is 1. The molecule has 1 unspecified atom stereocenters. The zero-order chi connectivity index (χ0) is 17.7. The van der Waals surface area contributed by atoms with Crippen LogP contribution in [0.25, 0.3) is 0 Å². The van der Waals surface area contributed by atoms with Crippen LogP contribution in [0.4, 0.5) is 4.79 Å². The van der Waals surface area contributed by atoms with Crippen LogP contribution in [0.3, 0.4) is 0 Å². The van der Waals surface area contributed by atoms with E-state index in [1.54, 1.807) is 0 Å². The van der Waals surface area contributed by atoms with Gasteiger partial charge in [0.25, 0.3) is 0 Å². The lowest BCUT2D eigenvalue weighted by Crippen LogP contribution is -2.51. The van der Waals surface area contributed by atoms with Gasteiger partial charge in [-0.2, -0.15) is 0 Å². The number of rotatable bonds is 6. The van der Waals surface area contributed by atoms with E-state index in [1.165, 1.54) is 25.9 Å². The van der Waals surface area contributed by atoms with Crippen molar-refractivity contribution in [2.75, 3.05) is 32.7 Å². The summed E-state index contributed by atoms with van der Waals surface area (Å²) < 4.78 is 5.54. The lowest BCUT2D eigenvalue weighted by molar-refractivity contribution is 0.00658. The van der Waals surface area contributed by atoms with Gasteiger partial charge in [0.05, 0.1) is 0 Å². The Morgan fingerprint density at radius 2 is 1.74 bits per heavy atom. The van der Waals surface area contributed by atoms with Gasteiger partial charge in [-0.25, -0.2) is 4.79 Å². The van der Waals surface area contributed by atoms with Crippen molar-refractivity contribution in [3.63, 3.8) is 0 Å². The molecule has 1 N–H and O–H groups in total. The standard InChI is InChI=1S/C18H37N3O2/c1-15(20-11-8-9-12-20)14-19-10-13-21(17(2,3)4)16(22)23-18(5,6)7/h15,19H,8-14H2,1-7H3. The quantitative estimate of drug-likeness (QED) is 0.762. The van der Waals surface area contributed by atoms with Gasteiger partial charge in [0.15, 0.2) is 0 Å². The van der Waals surface area contributed by atoms with Crippen molar-refractivity contribution < 1.29 is 9.53 Å². The highest BCUT2D eigenvalue weighted by molar-refractivity contribution is 5.69. The average molecular weight is 328 g/mol. The molecule has 1 atom stereocenters. The third kappa shape index (κ3) is 7.53. The number of carbonyl (C=O) groups excluding carboxylic acids is 1. The van der Waals surface area contributed by atoms with E-state index in [2.05, 4.69) is 17.1 Å². The summed E-state index contributed by atoms with van der Waals surface area (Å²) in [6, 6.07) is 0.558. The maximum Gasteiger partial charge on any atom is 0.410 e. The highest BCUT2D eigenvalue weighted by atomic mass is 16.6. The van der Waals surface area contributed by atoms with Gasteiger partial charge < -0.3 is 15.0 Å². The van der Waals surface area contributed by atoms with Crippen molar-refractivity contribution in [2.24, 2.45) is 0 Å². The molecular formula is C18H37N3O2. The van der Waals surface area contributed by atoms with Crippen molar-refractivity contribution in [2.45, 2.75) is 78.5 Å². The number of likely N-dealkylation sites (tertiary alicyclic amines) is 1. The average Bonchev–Trinajstić information content (AvgIpc) is 2.87. The molecule has 0 aliphatic carbocycles. The van der Waals surface area contributed by atoms with Crippen LogP contribution in [-0.4, -0.2) is 65.8 Å². The number of hydrogen-bond donors (Lipinski definition) is 1. The first kappa shape index (κ1) is 20.2. The molecule has 1 amide bonds. The normalized spacial score (nSPS) is 18.0. The van der Waals surface area contributed by atoms with E-state index in [0.717, 1.165) is 13.1 Å². The van der Waals surface area contributed by atoms with E-state index in [-0.39, 0.29) is 11.6 Å². The van der Waals surface area contributed by atoms with E-state index >= 15 is 0 Å². The Hall–Kier alpha value is -0.810. The van der Waals surface area contributed by atoms with Crippen LogP contribution in [0.2, 0.25) is 0 Å². The van der Waals surface area contributed by atoms with Gasteiger partial charge in [0.1, 0.15) is 5.60 Å². The zero-order valence-corrected chi connectivity index (χ0v) is 16.2. The third-order valence-electron chi connectivity index (χ3n) is 4.14. The summed E-state index contributed by atoms with van der Waals surface area (Å²) in [5.41, 5.74) is -0.705. The van der Waals surface area contributed by atoms with E-state index in [4.69, 9.17) is 4.74 Å². The minimum Gasteiger partial charge on any atom is -0.444 e. The first-order valence-electron chi connectivity index (χ1n) is 8.96. The van der Waals surface area contributed by atoms with E-state index in [1.807, 2.05) is 46.4 Å². The second-order valence-corrected chi connectivity index (χ2v) is 8.60. The molecule has 136 valence electrons. The molecule has 5 heteroatoms. The zero-order valence-electron chi connectivity index (χ0n) is 16.2. The second-order valence-electron chi connectivity index (χ2n) is 8.60. The fraction of sp³-hybridized carbons (Fsp3) is 0.944. The van der Waals surface area contributed by atoms with Gasteiger partial charge in [-0.3, -0.25) is 4.90 Å². The van der Waals surface area contributed by atoms with Crippen molar-refractivity contribution in [3.8, 4) is 0 Å². The highest BCUT2D eigenvalue weighted by Gasteiger charge is 2.30. The molecule has 5 nitrogen and oxygen atoms in total. The molecule has 1 aliphatic heterocycles. The Morgan fingerprint density at radius 1 is 1.17 bits per heavy atom. The Labute approximate surface area is 142 Å². The Morgan fingerprint density at radius 3 is 2.22 bits per heavy atom. The number of carbonyl (C=O) groups is 1. The molecule has 0 spiro atoms. The largest absolute Gasteiger partial charge is 0.444 e. The molecule has 1 saturated heterocycles. The van der Waals surface area contributed by atoms with Gasteiger partial charge >= 0.3 is 6.09 Å². The smallest absolute Gasteiger partial charge is 0.410 e. The number of nitrogens with zero attached hydrogens (tertiary/aromatic N) is 2. The summed E-state index contributed by atoms with van der Waals surface area (Å²) in [5.74, 6) is 0. The van der Waals surface area contributed by atoms with Crippen LogP contribution < -0.4 is 5.32 Å². The first-order valence-corrected chi connectivity index (χ1v) is 8.96. The predicted octanol–water partition coefficient (Wildman–Crippen LogP) is 3.10. The minimum atomic E-state index is -0.460. The Kier molecular flexibility index (Phi) is 7.33. The maximum absolute atomic E-state index is 12.4. The molecule has 1 fully saturated rings. The first-order chi connectivity index (χ1) is 10.5. The SMILES string of the molecule is CC(CNCCN(C(=O)OC(C)(C)C)C(C)(C)C)N1CCCC1. The van der Waals surface area contributed by atoms with Crippen molar-refractivity contribution in [1.82, 2.24) is 15.1 Å². The number of amides is 1. The molecule has 0 radical (unpaired) electrons. The molecule has 23 heavy (non-hydrogen) atoms. The minimum absolute atomic E-state index is 0.237. The molecule has 1 rings (SSSR count). The molecule has 0 aromatic carbocycles. The van der Waals surface area contributed by atoms with Gasteiger partial charge in [0, 0.05) is 31.2 Å². The van der Waals surface area contributed by atoms with E-state index in [9.17, 15) is 4.79 Å². The summed E-state index contributed by atoms with van der Waals surface area (Å²) in [6.45, 7) is 19.0. The number of hydrogen-bond acceptors (Lipinski definition) is 4. The summed E-state index contributed by atoms with van der Waals surface area (Å²) in [4.78, 5) is 16.8. The lowest BCUT2D eigenvalue weighted by Gasteiger charge is -2.37. The summed E-state index contributed by atoms with van der Waals surface area (Å²) >= 11 is 0. The van der Waals surface area contributed by atoms with Gasteiger partial charge in [-0.15, -0.1) is 0 Å². The van der Waals surface area contributed by atoms with Crippen LogP contribution >= 0.6 is 0 Å². The Balaban J connectivity index is 2.41. The molecule has 1 heterocycles. The summed E-state index contributed by atoms with van der Waals surface area (Å²) in [5, 5.41) is 3.49. The molecule has 1 aliphatic rings. The van der Waals surface area contributed by atoms with Gasteiger partial charge in [-0.05, 0) is 74.4 Å². The molecular weight excluding hydrogens is 290 g/mol. The predicted molar refractivity (Wildman–Crippen MR) is 95.8 cm³/mol. The molecule has 0 bridgehead atoms. The van der Waals surface area contributed by atoms with Crippen molar-refractivity contribution in [3.05, 3.63) is 0 Å². The van der Waals surface area contributed by atoms with Crippen LogP contribution in [0, 0.1) is 0 Å². The van der Waals surface area contributed by atoms with Gasteiger partial charge in [-0.1, -0.05) is 0 Å². The summed E-state index contributed by atoms with van der Waals surface area (Å²) in [7, 11) is 0. The highest BCUT2D eigenvalue weighted by Crippen LogP contribution is 2.18. The van der Waals surface area contributed by atoms with E-state index in [0.29, 0.717) is 12.6 Å². The van der Waals surface area contributed by atoms with Crippen LogP contribution in [-0.2, 0) is 4.74 Å². The van der Waals surface area contributed by atoms with Crippen molar-refractivity contribution >= 4 is 6.09 Å². The molecule has 0 saturated carbocycles. The third-order valence-corrected chi connectivity index (χ3v) is 4.14. The molecule has 0 aromatic rings. The fourth-order valence-corrected chi connectivity index (χ4v) is 2.83. The van der Waals surface area contributed by atoms with E-state index < -0.39 is 5.60 Å². The van der Waals surface area contributed by atoms with Crippen LogP contribution in [0.1, 0.15) is 61.3 Å². The van der Waals surface area contributed by atoms with Crippen LogP contribution in [0.15, 0.2) is 0 Å². The van der Waals surface area contributed by atoms with Crippen LogP contribution in [0.5, 0.6) is 0 Å². The monoisotopic (exact) mass is 327 g/mol. The fourth-order valence-electron chi connectivity index (χ4n) is 2.83. The van der Waals surface area contributed by atoms with Gasteiger partial charge in [0.2, 0.25) is 0 Å². The Bertz CT molecular complexity index is 365. The molecule has 0 aromatic heterocycles. The maximum atomic E-state index is 12.4.